The number of carboxylic acid groups (broad SMARTS) is 1. The van der Waals surface area contributed by atoms with E-state index in [1.165, 1.54) is 21.1 Å². The van der Waals surface area contributed by atoms with E-state index in [0.717, 1.165) is 22.3 Å². The Labute approximate surface area is 244 Å². The number of hydrogen-bond acceptors (Lipinski definition) is 7. The predicted octanol–water partition coefficient (Wildman–Crippen LogP) is 5.46. The van der Waals surface area contributed by atoms with E-state index in [9.17, 15) is 14.7 Å². The highest BCUT2D eigenvalue weighted by Crippen LogP contribution is 2.46. The van der Waals surface area contributed by atoms with Gasteiger partial charge >= 0.3 is 11.9 Å². The van der Waals surface area contributed by atoms with Gasteiger partial charge < -0.3 is 29.8 Å². The maximum Gasteiger partial charge on any atom is 0.335 e. The number of benzene rings is 4. The van der Waals surface area contributed by atoms with Crippen LogP contribution in [0.15, 0.2) is 84.9 Å². The molecule has 216 valence electrons. The minimum Gasteiger partial charge on any atom is -0.497 e. The number of carboxylic acids is 1. The van der Waals surface area contributed by atoms with Gasteiger partial charge in [0.05, 0.1) is 27.2 Å². The van der Waals surface area contributed by atoms with Crippen molar-refractivity contribution >= 4 is 11.9 Å². The molecule has 3 N–H and O–H groups in total. The fourth-order valence-electron chi connectivity index (χ4n) is 5.65. The van der Waals surface area contributed by atoms with E-state index >= 15 is 0 Å². The predicted molar refractivity (Wildman–Crippen MR) is 158 cm³/mol. The van der Waals surface area contributed by atoms with Crippen molar-refractivity contribution in [3.8, 4) is 28.4 Å². The van der Waals surface area contributed by atoms with Crippen LogP contribution in [0.4, 0.5) is 0 Å². The van der Waals surface area contributed by atoms with Gasteiger partial charge in [0.15, 0.2) is 5.54 Å². The van der Waals surface area contributed by atoms with Crippen LogP contribution in [0.2, 0.25) is 0 Å². The second-order valence-electron chi connectivity index (χ2n) is 10.2. The number of carbonyl (C=O) groups is 2. The molecule has 4 aromatic rings. The van der Waals surface area contributed by atoms with Gasteiger partial charge in [-0.3, -0.25) is 4.79 Å². The first-order valence-corrected chi connectivity index (χ1v) is 13.5. The number of rotatable bonds is 10. The molecule has 1 aliphatic carbocycles. The van der Waals surface area contributed by atoms with Crippen LogP contribution in [-0.4, -0.2) is 45.0 Å². The largest absolute Gasteiger partial charge is 0.497 e. The normalized spacial score (nSPS) is 14.2. The SMILES string of the molecule is COc1ccc(C(N)(C(=O)OCC2c3ccccc3-c3ccccc32)c2cc(C(C)C(=O)O)c(OC)cc2OC)cc1. The average molecular weight is 568 g/mol. The van der Waals surface area contributed by atoms with E-state index in [4.69, 9.17) is 24.7 Å². The Morgan fingerprint density at radius 2 is 1.40 bits per heavy atom. The lowest BCUT2D eigenvalue weighted by molar-refractivity contribution is -0.149. The molecule has 0 saturated carbocycles. The Kier molecular flexibility index (Phi) is 7.91. The molecule has 0 heterocycles. The van der Waals surface area contributed by atoms with Gasteiger partial charge in [-0.1, -0.05) is 60.7 Å². The molecular formula is C34H33NO7. The highest BCUT2D eigenvalue weighted by Gasteiger charge is 2.44. The number of ether oxygens (including phenoxy) is 4. The number of esters is 1. The van der Waals surface area contributed by atoms with E-state index in [0.29, 0.717) is 22.6 Å². The average Bonchev–Trinajstić information content (AvgIpc) is 3.35. The van der Waals surface area contributed by atoms with Gasteiger partial charge in [0.2, 0.25) is 0 Å². The van der Waals surface area contributed by atoms with Crippen molar-refractivity contribution in [1.82, 2.24) is 0 Å². The van der Waals surface area contributed by atoms with E-state index in [-0.39, 0.29) is 23.8 Å². The fraction of sp³-hybridized carbons (Fsp3) is 0.235. The molecular weight excluding hydrogens is 534 g/mol. The molecule has 8 nitrogen and oxygen atoms in total. The molecule has 5 rings (SSSR count). The van der Waals surface area contributed by atoms with Crippen molar-refractivity contribution in [1.29, 1.82) is 0 Å². The van der Waals surface area contributed by atoms with Crippen molar-refractivity contribution in [2.45, 2.75) is 24.3 Å². The van der Waals surface area contributed by atoms with Gasteiger partial charge in [-0.25, -0.2) is 4.79 Å². The zero-order chi connectivity index (χ0) is 30.0. The lowest BCUT2D eigenvalue weighted by Gasteiger charge is -2.31. The number of hydrogen-bond donors (Lipinski definition) is 2. The van der Waals surface area contributed by atoms with Gasteiger partial charge in [-0.2, -0.15) is 0 Å². The summed E-state index contributed by atoms with van der Waals surface area (Å²) < 4.78 is 22.6. The summed E-state index contributed by atoms with van der Waals surface area (Å²) in [7, 11) is 4.43. The standard InChI is InChI=1S/C34H33NO7/c1-20(32(36)37)27-17-29(31(41-4)18-30(27)40-3)34(35,21-13-15-22(39-2)16-14-21)33(38)42-19-28-25-11-7-5-9-23(25)24-10-6-8-12-26(24)28/h5-18,20,28H,19,35H2,1-4H3,(H,36,37). The van der Waals surface area contributed by atoms with Crippen LogP contribution in [0.5, 0.6) is 17.2 Å². The quantitative estimate of drug-likeness (QED) is 0.243. The van der Waals surface area contributed by atoms with Crippen molar-refractivity contribution < 1.29 is 33.6 Å². The first kappa shape index (κ1) is 28.7. The molecule has 0 bridgehead atoms. The smallest absolute Gasteiger partial charge is 0.335 e. The number of aliphatic carboxylic acids is 1. The van der Waals surface area contributed by atoms with E-state index < -0.39 is 23.4 Å². The van der Waals surface area contributed by atoms with E-state index in [1.807, 2.05) is 36.4 Å². The summed E-state index contributed by atoms with van der Waals surface area (Å²) in [6, 6.07) is 26.0. The third-order valence-electron chi connectivity index (χ3n) is 8.02. The van der Waals surface area contributed by atoms with Crippen LogP contribution in [0.25, 0.3) is 11.1 Å². The number of fused-ring (bicyclic) bond motifs is 3. The summed E-state index contributed by atoms with van der Waals surface area (Å²) in [6.07, 6.45) is 0. The Hall–Kier alpha value is -4.82. The summed E-state index contributed by atoms with van der Waals surface area (Å²) in [4.78, 5) is 26.2. The second kappa shape index (κ2) is 11.6. The molecule has 4 aromatic carbocycles. The Balaban J connectivity index is 1.61. The highest BCUT2D eigenvalue weighted by atomic mass is 16.5. The fourth-order valence-corrected chi connectivity index (χ4v) is 5.65. The summed E-state index contributed by atoms with van der Waals surface area (Å²) in [5.74, 6) is -1.77. The summed E-state index contributed by atoms with van der Waals surface area (Å²) in [5.41, 5.74) is 10.6. The molecule has 0 amide bonds. The molecule has 0 saturated heterocycles. The zero-order valence-electron chi connectivity index (χ0n) is 23.9. The van der Waals surface area contributed by atoms with Gasteiger partial charge in [-0.15, -0.1) is 0 Å². The molecule has 2 atom stereocenters. The minimum atomic E-state index is -1.87. The molecule has 42 heavy (non-hydrogen) atoms. The third kappa shape index (κ3) is 4.84. The second-order valence-corrected chi connectivity index (χ2v) is 10.2. The Morgan fingerprint density at radius 3 is 1.93 bits per heavy atom. The van der Waals surface area contributed by atoms with Gasteiger partial charge in [0.1, 0.15) is 23.9 Å². The number of carbonyl (C=O) groups excluding carboxylic acids is 1. The Bertz CT molecular complexity index is 1590. The number of nitrogens with two attached hydrogens (primary N) is 1. The maximum absolute atomic E-state index is 14.3. The zero-order valence-corrected chi connectivity index (χ0v) is 23.9. The minimum absolute atomic E-state index is 0.0544. The first-order valence-electron chi connectivity index (χ1n) is 13.5. The lowest BCUT2D eigenvalue weighted by Crippen LogP contribution is -2.48. The van der Waals surface area contributed by atoms with Crippen LogP contribution in [0.3, 0.4) is 0 Å². The van der Waals surface area contributed by atoms with Crippen molar-refractivity contribution in [2.75, 3.05) is 27.9 Å². The maximum atomic E-state index is 14.3. The monoisotopic (exact) mass is 567 g/mol. The molecule has 0 aliphatic heterocycles. The topological polar surface area (TPSA) is 117 Å². The molecule has 1 aliphatic rings. The molecule has 2 unspecified atom stereocenters. The van der Waals surface area contributed by atoms with Crippen LogP contribution >= 0.6 is 0 Å². The van der Waals surface area contributed by atoms with Crippen molar-refractivity contribution in [3.05, 3.63) is 113 Å². The van der Waals surface area contributed by atoms with E-state index in [2.05, 4.69) is 12.1 Å². The first-order chi connectivity index (χ1) is 20.2. The van der Waals surface area contributed by atoms with Crippen LogP contribution < -0.4 is 19.9 Å². The molecule has 0 aromatic heterocycles. The van der Waals surface area contributed by atoms with E-state index in [1.54, 1.807) is 43.5 Å². The van der Waals surface area contributed by atoms with Gasteiger partial charge in [0.25, 0.3) is 0 Å². The van der Waals surface area contributed by atoms with Crippen molar-refractivity contribution in [2.24, 2.45) is 5.73 Å². The third-order valence-corrected chi connectivity index (χ3v) is 8.02. The molecule has 0 radical (unpaired) electrons. The van der Waals surface area contributed by atoms with Crippen molar-refractivity contribution in [3.63, 3.8) is 0 Å². The van der Waals surface area contributed by atoms with Gasteiger partial charge in [-0.05, 0) is 52.9 Å². The Morgan fingerprint density at radius 1 is 0.833 bits per heavy atom. The molecule has 0 spiro atoms. The van der Waals surface area contributed by atoms with Crippen LogP contribution in [0, 0.1) is 0 Å². The molecule has 8 heteroatoms. The molecule has 0 fully saturated rings. The number of methoxy groups -OCH3 is 3. The lowest BCUT2D eigenvalue weighted by atomic mass is 9.81. The van der Waals surface area contributed by atoms with Gasteiger partial charge in [0, 0.05) is 23.1 Å². The summed E-state index contributed by atoms with van der Waals surface area (Å²) in [5, 5.41) is 9.80. The van der Waals surface area contributed by atoms with Crippen LogP contribution in [-0.2, 0) is 19.9 Å². The van der Waals surface area contributed by atoms with Crippen LogP contribution in [0.1, 0.15) is 46.6 Å². The summed E-state index contributed by atoms with van der Waals surface area (Å²) in [6.45, 7) is 1.59. The highest BCUT2D eigenvalue weighted by molar-refractivity contribution is 5.89. The summed E-state index contributed by atoms with van der Waals surface area (Å²) >= 11 is 0.